The van der Waals surface area contributed by atoms with Crippen molar-refractivity contribution in [2.45, 2.75) is 25.3 Å². The number of fused-ring (bicyclic) bond motifs is 1. The zero-order valence-corrected chi connectivity index (χ0v) is 10.9. The van der Waals surface area contributed by atoms with Gasteiger partial charge in [-0.25, -0.2) is 0 Å². The van der Waals surface area contributed by atoms with Gasteiger partial charge in [-0.15, -0.1) is 0 Å². The smallest absolute Gasteiger partial charge is 0.0639 e. The van der Waals surface area contributed by atoms with Crippen molar-refractivity contribution < 1.29 is 0 Å². The predicted octanol–water partition coefficient (Wildman–Crippen LogP) is 3.01. The molecule has 2 heterocycles. The molecule has 2 nitrogen and oxygen atoms in total. The summed E-state index contributed by atoms with van der Waals surface area (Å²) >= 11 is 6.30. The van der Waals surface area contributed by atoms with Crippen LogP contribution in [0.3, 0.4) is 0 Å². The van der Waals surface area contributed by atoms with Crippen molar-refractivity contribution >= 4 is 17.3 Å². The number of nitrogens with zero attached hydrogens (tertiary/aromatic N) is 2. The summed E-state index contributed by atoms with van der Waals surface area (Å²) in [6.07, 6.45) is 3.96. The van der Waals surface area contributed by atoms with Crippen LogP contribution in [-0.4, -0.2) is 37.1 Å². The van der Waals surface area contributed by atoms with Crippen LogP contribution >= 0.6 is 11.6 Å². The predicted molar refractivity (Wildman–Crippen MR) is 72.9 cm³/mol. The molecule has 1 aromatic carbocycles. The van der Waals surface area contributed by atoms with Gasteiger partial charge in [-0.3, -0.25) is 4.90 Å². The molecule has 0 saturated carbocycles. The van der Waals surface area contributed by atoms with E-state index in [1.807, 2.05) is 12.1 Å². The van der Waals surface area contributed by atoms with Gasteiger partial charge in [-0.05, 0) is 37.9 Å². The molecule has 0 bridgehead atoms. The lowest BCUT2D eigenvalue weighted by Gasteiger charge is -2.27. The highest BCUT2D eigenvalue weighted by Gasteiger charge is 2.29. The number of benzene rings is 1. The Hall–Kier alpha value is -0.730. The Labute approximate surface area is 108 Å². The van der Waals surface area contributed by atoms with E-state index in [9.17, 15) is 0 Å². The number of halogens is 1. The van der Waals surface area contributed by atoms with E-state index in [0.29, 0.717) is 0 Å². The van der Waals surface area contributed by atoms with E-state index >= 15 is 0 Å². The fourth-order valence-electron chi connectivity index (χ4n) is 3.13. The fourth-order valence-corrected chi connectivity index (χ4v) is 3.39. The zero-order valence-electron chi connectivity index (χ0n) is 10.1. The van der Waals surface area contributed by atoms with Crippen molar-refractivity contribution in [3.8, 4) is 0 Å². The second kappa shape index (κ2) is 4.87. The number of para-hydroxylation sites is 1. The molecule has 3 heteroatoms. The average Bonchev–Trinajstić information content (AvgIpc) is 2.68. The Morgan fingerprint density at radius 2 is 1.88 bits per heavy atom. The third-order valence-corrected chi connectivity index (χ3v) is 4.32. The summed E-state index contributed by atoms with van der Waals surface area (Å²) < 4.78 is 0. The van der Waals surface area contributed by atoms with Gasteiger partial charge in [0.05, 0.1) is 10.7 Å². The molecular formula is C14H19ClN2. The van der Waals surface area contributed by atoms with E-state index in [0.717, 1.165) is 24.2 Å². The van der Waals surface area contributed by atoms with Crippen molar-refractivity contribution in [3.63, 3.8) is 0 Å². The number of hydrogen-bond acceptors (Lipinski definition) is 2. The SMILES string of the molecule is Clc1ccccc1N1CCCN2CCCC2C1. The van der Waals surface area contributed by atoms with Gasteiger partial charge in [0.1, 0.15) is 0 Å². The highest BCUT2D eigenvalue weighted by atomic mass is 35.5. The quantitative estimate of drug-likeness (QED) is 0.756. The maximum Gasteiger partial charge on any atom is 0.0639 e. The normalized spacial score (nSPS) is 25.7. The van der Waals surface area contributed by atoms with Crippen molar-refractivity contribution in [1.29, 1.82) is 0 Å². The van der Waals surface area contributed by atoms with Gasteiger partial charge in [0.2, 0.25) is 0 Å². The second-order valence-corrected chi connectivity index (χ2v) is 5.49. The number of anilines is 1. The Bertz CT molecular complexity index is 394. The molecule has 0 spiro atoms. The first-order valence-corrected chi connectivity index (χ1v) is 6.96. The lowest BCUT2D eigenvalue weighted by atomic mass is 10.2. The highest BCUT2D eigenvalue weighted by Crippen LogP contribution is 2.29. The van der Waals surface area contributed by atoms with Gasteiger partial charge in [-0.1, -0.05) is 23.7 Å². The third-order valence-electron chi connectivity index (χ3n) is 4.00. The monoisotopic (exact) mass is 250 g/mol. The van der Waals surface area contributed by atoms with E-state index in [2.05, 4.69) is 21.9 Å². The summed E-state index contributed by atoms with van der Waals surface area (Å²) in [7, 11) is 0. The summed E-state index contributed by atoms with van der Waals surface area (Å²) in [6.45, 7) is 4.83. The Morgan fingerprint density at radius 1 is 1.06 bits per heavy atom. The molecule has 92 valence electrons. The molecule has 0 aromatic heterocycles. The van der Waals surface area contributed by atoms with Crippen molar-refractivity contribution in [1.82, 2.24) is 4.90 Å². The largest absolute Gasteiger partial charge is 0.369 e. The van der Waals surface area contributed by atoms with Gasteiger partial charge >= 0.3 is 0 Å². The van der Waals surface area contributed by atoms with Crippen LogP contribution in [0.4, 0.5) is 5.69 Å². The fraction of sp³-hybridized carbons (Fsp3) is 0.571. The van der Waals surface area contributed by atoms with Crippen LogP contribution < -0.4 is 4.90 Å². The standard InChI is InChI=1S/C14H19ClN2/c15-13-6-1-2-7-14(13)17-10-4-9-16-8-3-5-12(16)11-17/h1-2,6-7,12H,3-5,8-11H2. The van der Waals surface area contributed by atoms with Gasteiger partial charge in [0.15, 0.2) is 0 Å². The second-order valence-electron chi connectivity index (χ2n) is 5.08. The Kier molecular flexibility index (Phi) is 3.26. The summed E-state index contributed by atoms with van der Waals surface area (Å²) in [6, 6.07) is 8.97. The first kappa shape index (κ1) is 11.4. The molecule has 0 aliphatic carbocycles. The lowest BCUT2D eigenvalue weighted by Crippen LogP contribution is -2.36. The first-order chi connectivity index (χ1) is 8.34. The maximum atomic E-state index is 6.30. The van der Waals surface area contributed by atoms with Crippen molar-refractivity contribution in [3.05, 3.63) is 29.3 Å². The van der Waals surface area contributed by atoms with Gasteiger partial charge in [0, 0.05) is 25.7 Å². The molecule has 2 aliphatic heterocycles. The molecule has 2 saturated heterocycles. The van der Waals surface area contributed by atoms with Crippen molar-refractivity contribution in [2.24, 2.45) is 0 Å². The van der Waals surface area contributed by atoms with Crippen LogP contribution in [0.25, 0.3) is 0 Å². The minimum atomic E-state index is 0.744. The summed E-state index contributed by atoms with van der Waals surface area (Å²) in [5.74, 6) is 0. The van der Waals surface area contributed by atoms with Crippen LogP contribution in [0, 0.1) is 0 Å². The highest BCUT2D eigenvalue weighted by molar-refractivity contribution is 6.33. The first-order valence-electron chi connectivity index (χ1n) is 6.58. The van der Waals surface area contributed by atoms with E-state index in [1.165, 1.54) is 38.0 Å². The van der Waals surface area contributed by atoms with E-state index in [-0.39, 0.29) is 0 Å². The zero-order chi connectivity index (χ0) is 11.7. The van der Waals surface area contributed by atoms with Crippen LogP contribution in [0.2, 0.25) is 5.02 Å². The summed E-state index contributed by atoms with van der Waals surface area (Å²) in [5.41, 5.74) is 1.21. The molecule has 0 N–H and O–H groups in total. The molecule has 2 fully saturated rings. The van der Waals surface area contributed by atoms with Gasteiger partial charge < -0.3 is 4.90 Å². The maximum absolute atomic E-state index is 6.30. The summed E-state index contributed by atoms with van der Waals surface area (Å²) in [5, 5.41) is 0.888. The molecular weight excluding hydrogens is 232 g/mol. The van der Waals surface area contributed by atoms with E-state index in [1.54, 1.807) is 0 Å². The number of hydrogen-bond donors (Lipinski definition) is 0. The van der Waals surface area contributed by atoms with Crippen LogP contribution in [0.5, 0.6) is 0 Å². The molecule has 1 aromatic rings. The molecule has 3 rings (SSSR count). The average molecular weight is 251 g/mol. The molecule has 0 radical (unpaired) electrons. The summed E-state index contributed by atoms with van der Waals surface area (Å²) in [4.78, 5) is 5.12. The Balaban J connectivity index is 1.81. The van der Waals surface area contributed by atoms with Gasteiger partial charge in [0.25, 0.3) is 0 Å². The molecule has 17 heavy (non-hydrogen) atoms. The van der Waals surface area contributed by atoms with Crippen LogP contribution in [-0.2, 0) is 0 Å². The minimum Gasteiger partial charge on any atom is -0.369 e. The molecule has 1 unspecified atom stereocenters. The van der Waals surface area contributed by atoms with Crippen molar-refractivity contribution in [2.75, 3.05) is 31.1 Å². The minimum absolute atomic E-state index is 0.744. The lowest BCUT2D eigenvalue weighted by molar-refractivity contribution is 0.273. The van der Waals surface area contributed by atoms with Crippen LogP contribution in [0.15, 0.2) is 24.3 Å². The number of rotatable bonds is 1. The molecule has 0 amide bonds. The molecule has 2 aliphatic rings. The Morgan fingerprint density at radius 3 is 2.76 bits per heavy atom. The third kappa shape index (κ3) is 2.29. The van der Waals surface area contributed by atoms with E-state index in [4.69, 9.17) is 11.6 Å². The van der Waals surface area contributed by atoms with Crippen LogP contribution in [0.1, 0.15) is 19.3 Å². The molecule has 1 atom stereocenters. The van der Waals surface area contributed by atoms with Gasteiger partial charge in [-0.2, -0.15) is 0 Å². The van der Waals surface area contributed by atoms with E-state index < -0.39 is 0 Å². The topological polar surface area (TPSA) is 6.48 Å².